The molecular formula is C19H14N4O3S3. The Kier molecular flexibility index (Phi) is 5.53. The van der Waals surface area contributed by atoms with Crippen LogP contribution in [0, 0.1) is 15.3 Å². The first kappa shape index (κ1) is 19.4. The second-order valence-corrected chi connectivity index (χ2v) is 8.43. The average Bonchev–Trinajstić information content (AvgIpc) is 3.36. The summed E-state index contributed by atoms with van der Waals surface area (Å²) in [5.41, 5.74) is 0.931. The fourth-order valence-corrected chi connectivity index (χ4v) is 4.86. The van der Waals surface area contributed by atoms with Crippen molar-refractivity contribution in [1.29, 1.82) is 5.26 Å². The van der Waals surface area contributed by atoms with E-state index in [1.807, 2.05) is 24.3 Å². The van der Waals surface area contributed by atoms with Crippen LogP contribution in [0.15, 0.2) is 57.0 Å². The van der Waals surface area contributed by atoms with E-state index in [1.54, 1.807) is 30.1 Å². The van der Waals surface area contributed by atoms with Crippen LogP contribution in [-0.4, -0.2) is 27.0 Å². The number of nitriles is 1. The van der Waals surface area contributed by atoms with Crippen molar-refractivity contribution < 1.29 is 9.15 Å². The van der Waals surface area contributed by atoms with Crippen LogP contribution in [0.25, 0.3) is 16.0 Å². The Balaban J connectivity index is 1.98. The molecule has 10 heteroatoms. The molecule has 3 aromatic heterocycles. The third-order valence-corrected chi connectivity index (χ3v) is 6.34. The van der Waals surface area contributed by atoms with Crippen molar-refractivity contribution in [2.24, 2.45) is 0 Å². The lowest BCUT2D eigenvalue weighted by molar-refractivity contribution is 0.413. The Morgan fingerprint density at radius 3 is 2.90 bits per heavy atom. The zero-order valence-electron chi connectivity index (χ0n) is 15.2. The number of hydrogen-bond acceptors (Lipinski definition) is 8. The lowest BCUT2D eigenvalue weighted by Gasteiger charge is -2.12. The topological polar surface area (TPSA) is 86.0 Å². The highest BCUT2D eigenvalue weighted by Crippen LogP contribution is 2.30. The Morgan fingerprint density at radius 1 is 1.34 bits per heavy atom. The van der Waals surface area contributed by atoms with Gasteiger partial charge in [-0.05, 0) is 36.5 Å². The number of fused-ring (bicyclic) bond motifs is 1. The molecule has 0 aliphatic rings. The predicted molar refractivity (Wildman–Crippen MR) is 115 cm³/mol. The second kappa shape index (κ2) is 8.24. The van der Waals surface area contributed by atoms with Crippen molar-refractivity contribution >= 4 is 45.7 Å². The van der Waals surface area contributed by atoms with E-state index in [2.05, 4.69) is 6.07 Å². The fraction of sp³-hybridized carbons (Fsp3) is 0.158. The van der Waals surface area contributed by atoms with E-state index in [0.717, 1.165) is 0 Å². The van der Waals surface area contributed by atoms with Gasteiger partial charge in [0.25, 0.3) is 5.56 Å². The first-order valence-electron chi connectivity index (χ1n) is 8.46. The van der Waals surface area contributed by atoms with Gasteiger partial charge in [0.15, 0.2) is 14.8 Å². The summed E-state index contributed by atoms with van der Waals surface area (Å²) in [6.07, 6.45) is 1.55. The fourth-order valence-electron chi connectivity index (χ4n) is 2.90. The van der Waals surface area contributed by atoms with Crippen LogP contribution in [0.3, 0.4) is 0 Å². The highest BCUT2D eigenvalue weighted by molar-refractivity contribution is 7.99. The molecule has 0 N–H and O–H groups in total. The normalized spacial score (nSPS) is 10.9. The van der Waals surface area contributed by atoms with Crippen molar-refractivity contribution in [2.75, 3.05) is 12.9 Å². The maximum atomic E-state index is 13.3. The van der Waals surface area contributed by atoms with Gasteiger partial charge in [0.1, 0.15) is 16.2 Å². The molecule has 0 fully saturated rings. The summed E-state index contributed by atoms with van der Waals surface area (Å²) >= 11 is 7.95. The molecule has 0 saturated heterocycles. The molecule has 0 amide bonds. The van der Waals surface area contributed by atoms with Crippen molar-refractivity contribution in [3.8, 4) is 17.5 Å². The highest BCUT2D eigenvalue weighted by Gasteiger charge is 2.20. The molecule has 0 radical (unpaired) electrons. The summed E-state index contributed by atoms with van der Waals surface area (Å²) in [6, 6.07) is 13.0. The number of nitrogens with zero attached hydrogens (tertiary/aromatic N) is 4. The predicted octanol–water partition coefficient (Wildman–Crippen LogP) is 4.24. The van der Waals surface area contributed by atoms with E-state index >= 15 is 0 Å². The number of furan rings is 1. The first-order chi connectivity index (χ1) is 14.1. The molecule has 4 rings (SSSR count). The molecular weight excluding hydrogens is 428 g/mol. The van der Waals surface area contributed by atoms with Crippen LogP contribution in [-0.2, 0) is 6.54 Å². The minimum Gasteiger partial charge on any atom is -0.495 e. The van der Waals surface area contributed by atoms with Crippen molar-refractivity contribution in [2.45, 2.75) is 11.7 Å². The molecule has 3 heterocycles. The highest BCUT2D eigenvalue weighted by atomic mass is 32.2. The minimum atomic E-state index is -0.225. The van der Waals surface area contributed by atoms with Gasteiger partial charge in [-0.3, -0.25) is 13.9 Å². The molecule has 4 aromatic rings. The van der Waals surface area contributed by atoms with Gasteiger partial charge >= 0.3 is 0 Å². The molecule has 146 valence electrons. The smallest absolute Gasteiger partial charge is 0.274 e. The average molecular weight is 443 g/mol. The van der Waals surface area contributed by atoms with Crippen LogP contribution >= 0.6 is 35.3 Å². The Bertz CT molecular complexity index is 1330. The zero-order chi connectivity index (χ0) is 20.4. The van der Waals surface area contributed by atoms with Gasteiger partial charge in [-0.25, -0.2) is 4.98 Å². The molecule has 0 spiro atoms. The third-order valence-electron chi connectivity index (χ3n) is 4.14. The van der Waals surface area contributed by atoms with Crippen LogP contribution in [0.2, 0.25) is 0 Å². The van der Waals surface area contributed by atoms with Crippen LogP contribution in [0.4, 0.5) is 0 Å². The number of benzene rings is 1. The van der Waals surface area contributed by atoms with E-state index in [9.17, 15) is 4.79 Å². The van der Waals surface area contributed by atoms with Gasteiger partial charge < -0.3 is 9.15 Å². The van der Waals surface area contributed by atoms with Crippen LogP contribution in [0.1, 0.15) is 5.76 Å². The SMILES string of the molecule is COc1ccccc1-n1c(=S)sc2c(=O)n(Cc3ccco3)c(SCC#N)nc21. The molecule has 1 aromatic carbocycles. The van der Waals surface area contributed by atoms with E-state index in [4.69, 9.17) is 31.6 Å². The van der Waals surface area contributed by atoms with Crippen LogP contribution < -0.4 is 10.3 Å². The number of thiazole rings is 1. The van der Waals surface area contributed by atoms with E-state index < -0.39 is 0 Å². The van der Waals surface area contributed by atoms with Gasteiger partial charge in [0, 0.05) is 0 Å². The van der Waals surface area contributed by atoms with Gasteiger partial charge in [-0.15, -0.1) is 0 Å². The summed E-state index contributed by atoms with van der Waals surface area (Å²) < 4.78 is 15.0. The van der Waals surface area contributed by atoms with Gasteiger partial charge in [-0.2, -0.15) is 5.26 Å². The van der Waals surface area contributed by atoms with Crippen molar-refractivity contribution in [3.63, 3.8) is 0 Å². The summed E-state index contributed by atoms with van der Waals surface area (Å²) in [6.45, 7) is 0.224. The number of rotatable bonds is 6. The number of methoxy groups -OCH3 is 1. The quantitative estimate of drug-likeness (QED) is 0.251. The van der Waals surface area contributed by atoms with E-state index in [0.29, 0.717) is 36.7 Å². The lowest BCUT2D eigenvalue weighted by atomic mass is 10.3. The molecule has 29 heavy (non-hydrogen) atoms. The number of para-hydroxylation sites is 2. The monoisotopic (exact) mass is 442 g/mol. The van der Waals surface area contributed by atoms with Crippen molar-refractivity contribution in [3.05, 3.63) is 62.7 Å². The summed E-state index contributed by atoms with van der Waals surface area (Å²) in [5.74, 6) is 1.41. The maximum absolute atomic E-state index is 13.3. The molecule has 7 nitrogen and oxygen atoms in total. The van der Waals surface area contributed by atoms with E-state index in [1.165, 1.54) is 27.7 Å². The number of ether oxygens (including phenoxy) is 1. The number of hydrogen-bond donors (Lipinski definition) is 0. The van der Waals surface area contributed by atoms with E-state index in [-0.39, 0.29) is 17.9 Å². The third kappa shape index (κ3) is 3.60. The van der Waals surface area contributed by atoms with Gasteiger partial charge in [-0.1, -0.05) is 35.2 Å². The maximum Gasteiger partial charge on any atom is 0.274 e. The number of thioether (sulfide) groups is 1. The first-order valence-corrected chi connectivity index (χ1v) is 10.7. The Morgan fingerprint density at radius 2 is 2.17 bits per heavy atom. The standard InChI is InChI=1S/C19H14N4O3S3/c1-25-14-7-3-2-6-13(14)23-16-15(29-19(23)27)17(24)22(11-12-5-4-9-26-12)18(21-16)28-10-8-20/h2-7,9H,10-11H2,1H3. The molecule has 0 unspecified atom stereocenters. The zero-order valence-corrected chi connectivity index (χ0v) is 17.6. The largest absolute Gasteiger partial charge is 0.495 e. The summed E-state index contributed by atoms with van der Waals surface area (Å²) in [5, 5.41) is 9.45. The molecule has 0 bridgehead atoms. The van der Waals surface area contributed by atoms with Gasteiger partial charge in [0.2, 0.25) is 0 Å². The molecule has 0 atom stereocenters. The minimum absolute atomic E-state index is 0.162. The summed E-state index contributed by atoms with van der Waals surface area (Å²) in [7, 11) is 1.58. The number of aromatic nitrogens is 3. The van der Waals surface area contributed by atoms with Gasteiger partial charge in [0.05, 0.1) is 37.4 Å². The summed E-state index contributed by atoms with van der Waals surface area (Å²) in [4.78, 5) is 18.0. The molecule has 0 aliphatic carbocycles. The molecule has 0 saturated carbocycles. The lowest BCUT2D eigenvalue weighted by Crippen LogP contribution is -2.23. The Labute approximate surface area is 178 Å². The Hall–Kier alpha value is -2.87. The second-order valence-electron chi connectivity index (χ2n) is 5.84. The van der Waals surface area contributed by atoms with Crippen molar-refractivity contribution in [1.82, 2.24) is 14.1 Å². The molecule has 0 aliphatic heterocycles. The van der Waals surface area contributed by atoms with Crippen LogP contribution in [0.5, 0.6) is 5.75 Å².